The molecule has 0 saturated carbocycles. The maximum absolute atomic E-state index is 13.0. The van der Waals surface area contributed by atoms with Gasteiger partial charge >= 0.3 is 12.1 Å². The van der Waals surface area contributed by atoms with E-state index < -0.39 is 23.6 Å². The van der Waals surface area contributed by atoms with Gasteiger partial charge in [-0.05, 0) is 47.9 Å². The van der Waals surface area contributed by atoms with Gasteiger partial charge < -0.3 is 15.2 Å². The lowest BCUT2D eigenvalue weighted by Crippen LogP contribution is -2.13. The number of ether oxygens (including phenoxy) is 1. The smallest absolute Gasteiger partial charge is 0.416 e. The van der Waals surface area contributed by atoms with Crippen molar-refractivity contribution in [1.29, 1.82) is 0 Å². The molecule has 1 unspecified atom stereocenters. The van der Waals surface area contributed by atoms with Gasteiger partial charge in [0.2, 0.25) is 0 Å². The van der Waals surface area contributed by atoms with Gasteiger partial charge in [0.1, 0.15) is 5.75 Å². The number of hydrogen-bond donors (Lipinski definition) is 2. The van der Waals surface area contributed by atoms with Crippen LogP contribution in [0.1, 0.15) is 22.6 Å². The Kier molecular flexibility index (Phi) is 4.63. The summed E-state index contributed by atoms with van der Waals surface area (Å²) in [5, 5.41) is 12.4. The number of rotatable bonds is 3. The summed E-state index contributed by atoms with van der Waals surface area (Å²) in [6.45, 7) is 0. The number of halogens is 3. The maximum atomic E-state index is 13.0. The predicted molar refractivity (Wildman–Crippen MR) is 90.2 cm³/mol. The Bertz CT molecular complexity index is 857. The summed E-state index contributed by atoms with van der Waals surface area (Å²) >= 11 is 0. The van der Waals surface area contributed by atoms with Crippen LogP contribution in [0.25, 0.3) is 0 Å². The summed E-state index contributed by atoms with van der Waals surface area (Å²) in [7, 11) is 1.52. The van der Waals surface area contributed by atoms with E-state index >= 15 is 0 Å². The van der Waals surface area contributed by atoms with E-state index in [0.29, 0.717) is 22.6 Å². The van der Waals surface area contributed by atoms with Crippen LogP contribution >= 0.6 is 0 Å². The first kappa shape index (κ1) is 17.8. The largest absolute Gasteiger partial charge is 0.497 e. The van der Waals surface area contributed by atoms with E-state index in [4.69, 9.17) is 4.74 Å². The molecule has 4 nitrogen and oxygen atoms in total. The number of alkyl halides is 3. The highest BCUT2D eigenvalue weighted by atomic mass is 19.4. The molecule has 0 bridgehead atoms. The van der Waals surface area contributed by atoms with Crippen molar-refractivity contribution in [1.82, 2.24) is 0 Å². The molecule has 7 heteroatoms. The third-order valence-corrected chi connectivity index (χ3v) is 4.38. The maximum Gasteiger partial charge on any atom is 0.416 e. The number of carboxylic acids is 1. The third kappa shape index (κ3) is 3.51. The van der Waals surface area contributed by atoms with Gasteiger partial charge in [-0.2, -0.15) is 13.2 Å². The second-order valence-corrected chi connectivity index (χ2v) is 5.95. The van der Waals surface area contributed by atoms with E-state index in [-0.39, 0.29) is 12.0 Å². The molecule has 2 aromatic carbocycles. The summed E-state index contributed by atoms with van der Waals surface area (Å²) in [5.41, 5.74) is 0.887. The minimum Gasteiger partial charge on any atom is -0.497 e. The van der Waals surface area contributed by atoms with Gasteiger partial charge in [-0.25, -0.2) is 4.79 Å². The van der Waals surface area contributed by atoms with Gasteiger partial charge in [0.25, 0.3) is 0 Å². The van der Waals surface area contributed by atoms with Crippen LogP contribution in [0.15, 0.2) is 54.2 Å². The molecular weight excluding hydrogens is 347 g/mol. The van der Waals surface area contributed by atoms with Crippen molar-refractivity contribution < 1.29 is 27.8 Å². The number of hydrogen-bond acceptors (Lipinski definition) is 3. The van der Waals surface area contributed by atoms with Crippen molar-refractivity contribution in [3.05, 3.63) is 70.9 Å². The van der Waals surface area contributed by atoms with Crippen molar-refractivity contribution in [3.8, 4) is 5.75 Å². The van der Waals surface area contributed by atoms with E-state index in [1.165, 1.54) is 19.4 Å². The Balaban J connectivity index is 2.05. The lowest BCUT2D eigenvalue weighted by Gasteiger charge is -2.18. The van der Waals surface area contributed by atoms with Crippen molar-refractivity contribution in [2.75, 3.05) is 12.4 Å². The fourth-order valence-corrected chi connectivity index (χ4v) is 3.01. The number of anilines is 1. The Morgan fingerprint density at radius 2 is 1.88 bits per heavy atom. The predicted octanol–water partition coefficient (Wildman–Crippen LogP) is 4.43. The Morgan fingerprint density at radius 3 is 2.46 bits per heavy atom. The highest BCUT2D eigenvalue weighted by Gasteiger charge is 2.32. The van der Waals surface area contributed by atoms with Gasteiger partial charge in [0, 0.05) is 17.8 Å². The first-order valence-electron chi connectivity index (χ1n) is 7.83. The van der Waals surface area contributed by atoms with Crippen LogP contribution in [0.2, 0.25) is 0 Å². The van der Waals surface area contributed by atoms with Crippen LogP contribution in [-0.2, 0) is 17.4 Å². The molecule has 0 amide bonds. The van der Waals surface area contributed by atoms with Crippen LogP contribution in [-0.4, -0.2) is 18.2 Å². The number of carboxylic acid groups (broad SMARTS) is 1. The summed E-state index contributed by atoms with van der Waals surface area (Å²) in [4.78, 5) is 11.7. The molecule has 2 N–H and O–H groups in total. The average Bonchev–Trinajstić information content (AvgIpc) is 2.80. The molecule has 0 radical (unpaired) electrons. The summed E-state index contributed by atoms with van der Waals surface area (Å²) < 4.78 is 44.2. The molecule has 1 aliphatic heterocycles. The number of aliphatic carboxylic acids is 1. The molecule has 136 valence electrons. The lowest BCUT2D eigenvalue weighted by atomic mass is 9.86. The quantitative estimate of drug-likeness (QED) is 0.847. The minimum atomic E-state index is -4.46. The van der Waals surface area contributed by atoms with E-state index in [0.717, 1.165) is 12.1 Å². The molecule has 0 aliphatic carbocycles. The van der Waals surface area contributed by atoms with Crippen molar-refractivity contribution in [2.45, 2.75) is 18.5 Å². The molecule has 3 rings (SSSR count). The Labute approximate surface area is 147 Å². The average molecular weight is 363 g/mol. The number of methoxy groups -OCH3 is 1. The summed E-state index contributed by atoms with van der Waals surface area (Å²) in [5.74, 6) is -1.10. The molecule has 1 heterocycles. The lowest BCUT2D eigenvalue weighted by molar-refractivity contribution is -0.137. The molecule has 26 heavy (non-hydrogen) atoms. The summed E-state index contributed by atoms with van der Waals surface area (Å²) in [6, 6.07) is 10.2. The number of fused-ring (bicyclic) bond motifs is 1. The van der Waals surface area contributed by atoms with E-state index in [2.05, 4.69) is 5.32 Å². The van der Waals surface area contributed by atoms with Crippen LogP contribution < -0.4 is 10.1 Å². The standard InChI is InChI=1S/C19H16F3NO3/c1-26-14-5-2-11(3-6-14)15-9-12-8-13(19(20,21)22)4-7-17(12)23-10-16(15)18(24)25/h2-8,10,15,23H,9H2,1H3,(H,24,25). The van der Waals surface area contributed by atoms with E-state index in [9.17, 15) is 23.1 Å². The molecule has 1 atom stereocenters. The van der Waals surface area contributed by atoms with Gasteiger partial charge in [-0.3, -0.25) is 0 Å². The second kappa shape index (κ2) is 6.74. The van der Waals surface area contributed by atoms with Crippen molar-refractivity contribution in [3.63, 3.8) is 0 Å². The van der Waals surface area contributed by atoms with Crippen molar-refractivity contribution >= 4 is 11.7 Å². The van der Waals surface area contributed by atoms with Crippen LogP contribution in [0.5, 0.6) is 5.75 Å². The number of benzene rings is 2. The van der Waals surface area contributed by atoms with Crippen LogP contribution in [0.4, 0.5) is 18.9 Å². The molecular formula is C19H16F3NO3. The minimum absolute atomic E-state index is 0.0833. The summed E-state index contributed by atoms with van der Waals surface area (Å²) in [6.07, 6.45) is -2.98. The molecule has 0 saturated heterocycles. The molecule has 0 spiro atoms. The number of carbonyl (C=O) groups is 1. The Morgan fingerprint density at radius 1 is 1.19 bits per heavy atom. The fourth-order valence-electron chi connectivity index (χ4n) is 3.01. The second-order valence-electron chi connectivity index (χ2n) is 5.95. The van der Waals surface area contributed by atoms with Gasteiger partial charge in [0.15, 0.2) is 0 Å². The van der Waals surface area contributed by atoms with Gasteiger partial charge in [0.05, 0.1) is 18.2 Å². The molecule has 1 aliphatic rings. The monoisotopic (exact) mass is 363 g/mol. The SMILES string of the molecule is COc1ccc(C2Cc3cc(C(F)(F)F)ccc3NC=C2C(=O)O)cc1. The van der Waals surface area contributed by atoms with Gasteiger partial charge in [-0.15, -0.1) is 0 Å². The van der Waals surface area contributed by atoms with Crippen molar-refractivity contribution in [2.24, 2.45) is 0 Å². The molecule has 2 aromatic rings. The fraction of sp³-hybridized carbons (Fsp3) is 0.211. The zero-order valence-electron chi connectivity index (χ0n) is 13.8. The van der Waals surface area contributed by atoms with Crippen LogP contribution in [0.3, 0.4) is 0 Å². The normalized spacial score (nSPS) is 16.8. The first-order valence-corrected chi connectivity index (χ1v) is 7.83. The number of nitrogens with one attached hydrogen (secondary N) is 1. The third-order valence-electron chi connectivity index (χ3n) is 4.38. The molecule has 0 aromatic heterocycles. The molecule has 0 fully saturated rings. The zero-order valence-corrected chi connectivity index (χ0v) is 13.8. The highest BCUT2D eigenvalue weighted by molar-refractivity contribution is 5.89. The van der Waals surface area contributed by atoms with E-state index in [1.807, 2.05) is 0 Å². The first-order chi connectivity index (χ1) is 12.3. The highest BCUT2D eigenvalue weighted by Crippen LogP contribution is 2.38. The Hall–Kier alpha value is -2.96. The van der Waals surface area contributed by atoms with Gasteiger partial charge in [-0.1, -0.05) is 12.1 Å². The van der Waals surface area contributed by atoms with E-state index in [1.54, 1.807) is 24.3 Å². The zero-order chi connectivity index (χ0) is 18.9. The van der Waals surface area contributed by atoms with Crippen LogP contribution in [0, 0.1) is 0 Å². The topological polar surface area (TPSA) is 58.6 Å².